The molecule has 5 nitrogen and oxygen atoms in total. The highest BCUT2D eigenvalue weighted by Crippen LogP contribution is 2.25. The molecule has 1 fully saturated rings. The maximum Gasteiger partial charge on any atom is 0.336 e. The van der Waals surface area contributed by atoms with Crippen LogP contribution in [0.4, 0.5) is 0 Å². The topological polar surface area (TPSA) is 59.8 Å². The van der Waals surface area contributed by atoms with E-state index in [-0.39, 0.29) is 5.91 Å². The van der Waals surface area contributed by atoms with Gasteiger partial charge in [-0.25, -0.2) is 4.79 Å². The Hall–Kier alpha value is -2.56. The quantitative estimate of drug-likeness (QED) is 0.642. The number of ether oxygens (including phenoxy) is 1. The van der Waals surface area contributed by atoms with Crippen LogP contribution in [0.25, 0.3) is 11.0 Å². The van der Waals surface area contributed by atoms with Gasteiger partial charge in [0.2, 0.25) is 0 Å². The highest BCUT2D eigenvalue weighted by Gasteiger charge is 2.32. The Morgan fingerprint density at radius 2 is 2.23 bits per heavy atom. The minimum absolute atomic E-state index is 0.0364. The molecule has 0 aliphatic carbocycles. The van der Waals surface area contributed by atoms with Gasteiger partial charge in [-0.2, -0.15) is 0 Å². The lowest BCUT2D eigenvalue weighted by molar-refractivity contribution is -0.132. The molecule has 1 atom stereocenters. The molecule has 2 heterocycles. The molecule has 1 aromatic heterocycles. The van der Waals surface area contributed by atoms with Crippen LogP contribution in [-0.2, 0) is 4.79 Å². The Morgan fingerprint density at radius 3 is 3.00 bits per heavy atom. The second kappa shape index (κ2) is 5.67. The number of fused-ring (bicyclic) bond motifs is 1. The number of benzene rings is 1. The van der Waals surface area contributed by atoms with Crippen LogP contribution in [0, 0.1) is 6.92 Å². The standard InChI is InChI=1S/C17H17NO4/c1-3-7-18-8-6-14(17(18)20)21-12-4-5-13-11(2)9-16(19)22-15(13)10-12/h3-5,9-10,14H,1,6-8H2,2H3/t14-/m1/s1. The smallest absolute Gasteiger partial charge is 0.336 e. The van der Waals surface area contributed by atoms with Crippen LogP contribution >= 0.6 is 0 Å². The van der Waals surface area contributed by atoms with E-state index >= 15 is 0 Å². The molecule has 2 aromatic rings. The van der Waals surface area contributed by atoms with E-state index in [4.69, 9.17) is 9.15 Å². The lowest BCUT2D eigenvalue weighted by Gasteiger charge is -2.15. The fraction of sp³-hybridized carbons (Fsp3) is 0.294. The normalized spacial score (nSPS) is 18.0. The summed E-state index contributed by atoms with van der Waals surface area (Å²) in [6.07, 6.45) is 1.85. The van der Waals surface area contributed by atoms with E-state index in [2.05, 4.69) is 6.58 Å². The molecule has 1 aromatic carbocycles. The molecular weight excluding hydrogens is 282 g/mol. The van der Waals surface area contributed by atoms with Crippen molar-refractivity contribution in [1.82, 2.24) is 4.90 Å². The average Bonchev–Trinajstić information content (AvgIpc) is 2.80. The first-order valence-electron chi connectivity index (χ1n) is 7.19. The van der Waals surface area contributed by atoms with Crippen molar-refractivity contribution in [2.24, 2.45) is 0 Å². The Kier molecular flexibility index (Phi) is 3.71. The molecule has 1 aliphatic rings. The summed E-state index contributed by atoms with van der Waals surface area (Å²) < 4.78 is 11.0. The second-order valence-corrected chi connectivity index (χ2v) is 5.37. The van der Waals surface area contributed by atoms with E-state index in [0.29, 0.717) is 30.8 Å². The maximum atomic E-state index is 12.2. The summed E-state index contributed by atoms with van der Waals surface area (Å²) in [4.78, 5) is 25.3. The third-order valence-corrected chi connectivity index (χ3v) is 3.80. The van der Waals surface area contributed by atoms with Gasteiger partial charge in [-0.05, 0) is 24.6 Å². The first kappa shape index (κ1) is 14.4. The van der Waals surface area contributed by atoms with E-state index in [0.717, 1.165) is 10.9 Å². The number of likely N-dealkylation sites (tertiary alicyclic amines) is 1. The Labute approximate surface area is 127 Å². The zero-order valence-electron chi connectivity index (χ0n) is 12.4. The van der Waals surface area contributed by atoms with Gasteiger partial charge >= 0.3 is 5.63 Å². The third-order valence-electron chi connectivity index (χ3n) is 3.80. The summed E-state index contributed by atoms with van der Waals surface area (Å²) in [6, 6.07) is 6.74. The van der Waals surface area contributed by atoms with Gasteiger partial charge in [0.1, 0.15) is 11.3 Å². The van der Waals surface area contributed by atoms with Crippen molar-refractivity contribution in [1.29, 1.82) is 0 Å². The lowest BCUT2D eigenvalue weighted by Crippen LogP contribution is -2.32. The van der Waals surface area contributed by atoms with Crippen molar-refractivity contribution in [3.8, 4) is 5.75 Å². The van der Waals surface area contributed by atoms with E-state index < -0.39 is 11.7 Å². The molecule has 0 radical (unpaired) electrons. The molecule has 0 saturated carbocycles. The molecule has 114 valence electrons. The number of carbonyl (C=O) groups excluding carboxylic acids is 1. The number of amides is 1. The van der Waals surface area contributed by atoms with Crippen LogP contribution in [0.5, 0.6) is 5.75 Å². The summed E-state index contributed by atoms with van der Waals surface area (Å²) in [5, 5.41) is 0.859. The molecule has 1 amide bonds. The number of aryl methyl sites for hydroxylation is 1. The molecule has 1 saturated heterocycles. The fourth-order valence-corrected chi connectivity index (χ4v) is 2.70. The van der Waals surface area contributed by atoms with Crippen LogP contribution in [0.15, 0.2) is 46.1 Å². The van der Waals surface area contributed by atoms with Crippen LogP contribution in [0.2, 0.25) is 0 Å². The predicted octanol–water partition coefficient (Wildman–Crippen LogP) is 2.27. The zero-order chi connectivity index (χ0) is 15.7. The monoisotopic (exact) mass is 299 g/mol. The van der Waals surface area contributed by atoms with Gasteiger partial charge in [0.05, 0.1) is 0 Å². The SMILES string of the molecule is C=CCN1CC[C@@H](Oc2ccc3c(C)cc(=O)oc3c2)C1=O. The molecule has 0 N–H and O–H groups in total. The van der Waals surface area contributed by atoms with Crippen LogP contribution in [0.3, 0.4) is 0 Å². The van der Waals surface area contributed by atoms with Crippen molar-refractivity contribution in [2.75, 3.05) is 13.1 Å². The first-order valence-corrected chi connectivity index (χ1v) is 7.19. The zero-order valence-corrected chi connectivity index (χ0v) is 12.4. The van der Waals surface area contributed by atoms with Crippen molar-refractivity contribution < 1.29 is 13.9 Å². The van der Waals surface area contributed by atoms with Crippen LogP contribution < -0.4 is 10.4 Å². The van der Waals surface area contributed by atoms with Gasteiger partial charge < -0.3 is 14.1 Å². The molecular formula is C17H17NO4. The van der Waals surface area contributed by atoms with Gasteiger partial charge in [-0.3, -0.25) is 4.79 Å². The number of carbonyl (C=O) groups is 1. The Morgan fingerprint density at radius 1 is 1.41 bits per heavy atom. The second-order valence-electron chi connectivity index (χ2n) is 5.37. The van der Waals surface area contributed by atoms with Crippen LogP contribution in [0.1, 0.15) is 12.0 Å². The van der Waals surface area contributed by atoms with Gasteiger partial charge in [0, 0.05) is 37.0 Å². The highest BCUT2D eigenvalue weighted by atomic mass is 16.5. The van der Waals surface area contributed by atoms with Gasteiger partial charge in [0.25, 0.3) is 5.91 Å². The van der Waals surface area contributed by atoms with Crippen molar-refractivity contribution in [3.63, 3.8) is 0 Å². The predicted molar refractivity (Wildman–Crippen MR) is 83.0 cm³/mol. The van der Waals surface area contributed by atoms with E-state index in [1.807, 2.05) is 13.0 Å². The Balaban J connectivity index is 1.84. The molecule has 3 rings (SSSR count). The summed E-state index contributed by atoms with van der Waals surface area (Å²) in [6.45, 7) is 6.69. The number of hydrogen-bond donors (Lipinski definition) is 0. The van der Waals surface area contributed by atoms with Gasteiger partial charge in [-0.15, -0.1) is 6.58 Å². The minimum Gasteiger partial charge on any atom is -0.480 e. The minimum atomic E-state index is -0.492. The highest BCUT2D eigenvalue weighted by molar-refractivity contribution is 5.84. The maximum absolute atomic E-state index is 12.2. The molecule has 0 spiro atoms. The van der Waals surface area contributed by atoms with Crippen molar-refractivity contribution in [2.45, 2.75) is 19.4 Å². The molecule has 5 heteroatoms. The molecule has 0 unspecified atom stereocenters. The molecule has 22 heavy (non-hydrogen) atoms. The largest absolute Gasteiger partial charge is 0.480 e. The van der Waals surface area contributed by atoms with Crippen molar-refractivity contribution >= 4 is 16.9 Å². The summed E-state index contributed by atoms with van der Waals surface area (Å²) in [5.74, 6) is 0.491. The van der Waals surface area contributed by atoms with Crippen molar-refractivity contribution in [3.05, 3.63) is 52.9 Å². The van der Waals surface area contributed by atoms with Crippen LogP contribution in [-0.4, -0.2) is 30.0 Å². The fourth-order valence-electron chi connectivity index (χ4n) is 2.70. The first-order chi connectivity index (χ1) is 10.6. The average molecular weight is 299 g/mol. The third kappa shape index (κ3) is 2.62. The summed E-state index contributed by atoms with van der Waals surface area (Å²) >= 11 is 0. The molecule has 1 aliphatic heterocycles. The lowest BCUT2D eigenvalue weighted by atomic mass is 10.1. The van der Waals surface area contributed by atoms with E-state index in [1.54, 1.807) is 23.1 Å². The van der Waals surface area contributed by atoms with Gasteiger partial charge in [-0.1, -0.05) is 6.08 Å². The number of hydrogen-bond acceptors (Lipinski definition) is 4. The van der Waals surface area contributed by atoms with Gasteiger partial charge in [0.15, 0.2) is 6.10 Å². The Bertz CT molecular complexity index is 793. The summed E-state index contributed by atoms with van der Waals surface area (Å²) in [7, 11) is 0. The number of nitrogens with zero attached hydrogens (tertiary/aromatic N) is 1. The number of rotatable bonds is 4. The molecule has 0 bridgehead atoms. The summed E-state index contributed by atoms with van der Waals surface area (Å²) in [5.41, 5.74) is 0.930. The van der Waals surface area contributed by atoms with E-state index in [1.165, 1.54) is 6.07 Å². The van der Waals surface area contributed by atoms with E-state index in [9.17, 15) is 9.59 Å².